The summed E-state index contributed by atoms with van der Waals surface area (Å²) in [5, 5.41) is 13.2. The van der Waals surface area contributed by atoms with Gasteiger partial charge in [0, 0.05) is 38.4 Å². The zero-order valence-corrected chi connectivity index (χ0v) is 15.1. The van der Waals surface area contributed by atoms with Crippen molar-refractivity contribution >= 4 is 33.2 Å². The second-order valence-electron chi connectivity index (χ2n) is 4.81. The van der Waals surface area contributed by atoms with Gasteiger partial charge in [-0.2, -0.15) is 5.10 Å². The zero-order valence-electron chi connectivity index (χ0n) is 12.7. The average molecular weight is 370 g/mol. The van der Waals surface area contributed by atoms with Crippen molar-refractivity contribution in [1.82, 2.24) is 20.4 Å². The van der Waals surface area contributed by atoms with Gasteiger partial charge >= 0.3 is 0 Å². The van der Waals surface area contributed by atoms with Gasteiger partial charge in [0.2, 0.25) is 0 Å². The van der Waals surface area contributed by atoms with Crippen molar-refractivity contribution in [2.75, 3.05) is 7.05 Å². The molecule has 0 radical (unpaired) electrons. The fourth-order valence-corrected chi connectivity index (χ4v) is 3.30. The lowest BCUT2D eigenvalue weighted by molar-refractivity contribution is 0.728. The first-order chi connectivity index (χ1) is 10.0. The molecule has 2 rings (SSSR count). The van der Waals surface area contributed by atoms with Crippen LogP contribution in [0.2, 0.25) is 0 Å². The molecule has 21 heavy (non-hydrogen) atoms. The third-order valence-corrected chi connectivity index (χ3v) is 4.95. The van der Waals surface area contributed by atoms with Crippen molar-refractivity contribution in [3.8, 4) is 0 Å². The number of hydrogen-bond donors (Lipinski definition) is 2. The van der Waals surface area contributed by atoms with E-state index in [-0.39, 0.29) is 0 Å². The van der Waals surface area contributed by atoms with Gasteiger partial charge < -0.3 is 10.6 Å². The summed E-state index contributed by atoms with van der Waals surface area (Å²) in [6.07, 6.45) is 0. The SMILES string of the molecule is CN=C(NCc1csc(Br)c1)NCc1c(C)nn(C)c1C. The molecule has 7 heteroatoms. The summed E-state index contributed by atoms with van der Waals surface area (Å²) in [4.78, 5) is 4.25. The summed E-state index contributed by atoms with van der Waals surface area (Å²) >= 11 is 5.16. The van der Waals surface area contributed by atoms with Crippen LogP contribution in [0.5, 0.6) is 0 Å². The van der Waals surface area contributed by atoms with Gasteiger partial charge in [0.25, 0.3) is 0 Å². The number of guanidine groups is 1. The fourth-order valence-electron chi connectivity index (χ4n) is 2.09. The minimum atomic E-state index is 0.721. The van der Waals surface area contributed by atoms with Crippen molar-refractivity contribution in [3.63, 3.8) is 0 Å². The van der Waals surface area contributed by atoms with E-state index in [1.807, 2.05) is 18.7 Å². The lowest BCUT2D eigenvalue weighted by atomic mass is 10.2. The van der Waals surface area contributed by atoms with Crippen molar-refractivity contribution in [2.24, 2.45) is 12.0 Å². The Bertz CT molecular complexity index is 644. The smallest absolute Gasteiger partial charge is 0.191 e. The van der Waals surface area contributed by atoms with Gasteiger partial charge in [-0.15, -0.1) is 11.3 Å². The molecule has 0 aromatic carbocycles. The summed E-state index contributed by atoms with van der Waals surface area (Å²) in [6.45, 7) is 5.59. The highest BCUT2D eigenvalue weighted by atomic mass is 79.9. The minimum absolute atomic E-state index is 0.721. The van der Waals surface area contributed by atoms with E-state index in [0.29, 0.717) is 0 Å². The summed E-state index contributed by atoms with van der Waals surface area (Å²) in [5.41, 5.74) is 4.69. The molecule has 0 aliphatic carbocycles. The molecule has 0 fully saturated rings. The molecule has 5 nitrogen and oxygen atoms in total. The number of rotatable bonds is 4. The van der Waals surface area contributed by atoms with Crippen molar-refractivity contribution in [1.29, 1.82) is 0 Å². The third-order valence-electron chi connectivity index (χ3n) is 3.40. The Balaban J connectivity index is 1.91. The number of hydrogen-bond acceptors (Lipinski definition) is 3. The van der Waals surface area contributed by atoms with Crippen LogP contribution in [0.1, 0.15) is 22.5 Å². The molecule has 0 saturated carbocycles. The Morgan fingerprint density at radius 2 is 2.10 bits per heavy atom. The quantitative estimate of drug-likeness (QED) is 0.643. The van der Waals surface area contributed by atoms with Crippen LogP contribution in [0.3, 0.4) is 0 Å². The van der Waals surface area contributed by atoms with Gasteiger partial charge in [-0.3, -0.25) is 9.67 Å². The largest absolute Gasteiger partial charge is 0.352 e. The van der Waals surface area contributed by atoms with E-state index in [9.17, 15) is 0 Å². The van der Waals surface area contributed by atoms with E-state index >= 15 is 0 Å². The first kappa shape index (κ1) is 16.0. The van der Waals surface area contributed by atoms with Gasteiger partial charge in [0.15, 0.2) is 5.96 Å². The highest BCUT2D eigenvalue weighted by Crippen LogP contribution is 2.20. The molecular formula is C14H20BrN5S. The second-order valence-corrected chi connectivity index (χ2v) is 7.10. The van der Waals surface area contributed by atoms with Crippen LogP contribution >= 0.6 is 27.3 Å². The number of thiophene rings is 1. The number of aryl methyl sites for hydroxylation is 2. The van der Waals surface area contributed by atoms with Crippen LogP contribution in [0.4, 0.5) is 0 Å². The predicted molar refractivity (Wildman–Crippen MR) is 91.7 cm³/mol. The lowest BCUT2D eigenvalue weighted by Crippen LogP contribution is -2.36. The van der Waals surface area contributed by atoms with Gasteiger partial charge in [-0.25, -0.2) is 0 Å². The van der Waals surface area contributed by atoms with E-state index in [1.165, 1.54) is 16.8 Å². The standard InChI is InChI=1S/C14H20BrN5S/c1-9-12(10(2)20(4)19-9)7-18-14(16-3)17-6-11-5-13(15)21-8-11/h5,8H,6-7H2,1-4H3,(H2,16,17,18). The molecule has 0 bridgehead atoms. The molecule has 0 aliphatic rings. The topological polar surface area (TPSA) is 54.2 Å². The van der Waals surface area contributed by atoms with Gasteiger partial charge in [0.1, 0.15) is 0 Å². The normalized spacial score (nSPS) is 11.8. The second kappa shape index (κ2) is 7.09. The Labute approximate surface area is 137 Å². The molecule has 2 aromatic heterocycles. The number of aliphatic imine (C=N–C) groups is 1. The van der Waals surface area contributed by atoms with E-state index < -0.39 is 0 Å². The summed E-state index contributed by atoms with van der Waals surface area (Å²) in [7, 11) is 3.75. The zero-order chi connectivity index (χ0) is 15.4. The van der Waals surface area contributed by atoms with E-state index in [2.05, 4.69) is 55.0 Å². The van der Waals surface area contributed by atoms with Crippen molar-refractivity contribution in [3.05, 3.63) is 37.7 Å². The molecule has 114 valence electrons. The van der Waals surface area contributed by atoms with Crippen LogP contribution in [-0.4, -0.2) is 22.8 Å². The molecule has 0 spiro atoms. The molecule has 2 heterocycles. The van der Waals surface area contributed by atoms with Crippen molar-refractivity contribution < 1.29 is 0 Å². The van der Waals surface area contributed by atoms with Crippen LogP contribution in [0, 0.1) is 13.8 Å². The maximum Gasteiger partial charge on any atom is 0.191 e. The summed E-state index contributed by atoms with van der Waals surface area (Å²) < 4.78 is 3.05. The molecule has 0 aliphatic heterocycles. The Morgan fingerprint density at radius 1 is 1.38 bits per heavy atom. The highest BCUT2D eigenvalue weighted by Gasteiger charge is 2.09. The van der Waals surface area contributed by atoms with Gasteiger partial charge in [-0.1, -0.05) is 0 Å². The molecule has 0 amide bonds. The van der Waals surface area contributed by atoms with E-state index in [4.69, 9.17) is 0 Å². The van der Waals surface area contributed by atoms with Crippen LogP contribution in [0.15, 0.2) is 20.2 Å². The molecule has 2 aromatic rings. The Kier molecular flexibility index (Phi) is 5.41. The summed E-state index contributed by atoms with van der Waals surface area (Å²) in [6, 6.07) is 2.11. The molecular weight excluding hydrogens is 350 g/mol. The maximum absolute atomic E-state index is 4.42. The number of aromatic nitrogens is 2. The monoisotopic (exact) mass is 369 g/mol. The van der Waals surface area contributed by atoms with Gasteiger partial charge in [0.05, 0.1) is 9.48 Å². The van der Waals surface area contributed by atoms with Gasteiger partial charge in [-0.05, 0) is 46.8 Å². The number of nitrogens with one attached hydrogen (secondary N) is 2. The summed E-state index contributed by atoms with van der Waals surface area (Å²) in [5.74, 6) is 0.792. The van der Waals surface area contributed by atoms with Crippen molar-refractivity contribution in [2.45, 2.75) is 26.9 Å². The molecule has 2 N–H and O–H groups in total. The van der Waals surface area contributed by atoms with Crippen LogP contribution in [0.25, 0.3) is 0 Å². The molecule has 0 atom stereocenters. The first-order valence-electron chi connectivity index (χ1n) is 6.67. The average Bonchev–Trinajstić information content (AvgIpc) is 2.96. The van der Waals surface area contributed by atoms with E-state index in [1.54, 1.807) is 18.4 Å². The first-order valence-corrected chi connectivity index (χ1v) is 8.35. The predicted octanol–water partition coefficient (Wildman–Crippen LogP) is 2.73. The Hall–Kier alpha value is -1.34. The number of halogens is 1. The Morgan fingerprint density at radius 3 is 2.62 bits per heavy atom. The fraction of sp³-hybridized carbons (Fsp3) is 0.429. The highest BCUT2D eigenvalue weighted by molar-refractivity contribution is 9.11. The molecule has 0 unspecified atom stereocenters. The van der Waals surface area contributed by atoms with Crippen LogP contribution < -0.4 is 10.6 Å². The maximum atomic E-state index is 4.42. The minimum Gasteiger partial charge on any atom is -0.352 e. The molecule has 0 saturated heterocycles. The lowest BCUT2D eigenvalue weighted by Gasteiger charge is -2.11. The third kappa shape index (κ3) is 4.07. The van der Waals surface area contributed by atoms with E-state index in [0.717, 1.165) is 28.5 Å². The van der Waals surface area contributed by atoms with Crippen LogP contribution in [-0.2, 0) is 20.1 Å². The number of nitrogens with zero attached hydrogens (tertiary/aromatic N) is 3.